The first-order valence-electron chi connectivity index (χ1n) is 9.19. The number of hydrogen-bond acceptors (Lipinski definition) is 5. The maximum Gasteiger partial charge on any atom is 0.416 e. The molecule has 3 rings (SSSR count). The second kappa shape index (κ2) is 9.44. The Balaban J connectivity index is 1.91. The normalized spacial score (nSPS) is 11.6. The van der Waals surface area contributed by atoms with Crippen LogP contribution in [0.5, 0.6) is 0 Å². The Kier molecular flexibility index (Phi) is 6.94. The van der Waals surface area contributed by atoms with Gasteiger partial charge < -0.3 is 15.5 Å². The van der Waals surface area contributed by atoms with Gasteiger partial charge in [0.1, 0.15) is 5.82 Å². The molecule has 0 saturated carbocycles. The lowest BCUT2D eigenvalue weighted by Gasteiger charge is -2.15. The summed E-state index contributed by atoms with van der Waals surface area (Å²) >= 11 is 3.21. The van der Waals surface area contributed by atoms with Gasteiger partial charge in [-0.2, -0.15) is 18.2 Å². The van der Waals surface area contributed by atoms with Crippen molar-refractivity contribution in [3.05, 3.63) is 64.6 Å². The summed E-state index contributed by atoms with van der Waals surface area (Å²) in [4.78, 5) is 11.1. The lowest BCUT2D eigenvalue weighted by Crippen LogP contribution is -2.21. The molecule has 2 aromatic carbocycles. The van der Waals surface area contributed by atoms with Crippen LogP contribution in [0.4, 0.5) is 30.6 Å². The fourth-order valence-electron chi connectivity index (χ4n) is 2.67. The van der Waals surface area contributed by atoms with Crippen LogP contribution in [0.1, 0.15) is 5.56 Å². The molecule has 0 bridgehead atoms. The van der Waals surface area contributed by atoms with Crippen LogP contribution in [0.25, 0.3) is 11.3 Å². The van der Waals surface area contributed by atoms with Crippen LogP contribution in [0.15, 0.2) is 59.1 Å². The molecule has 30 heavy (non-hydrogen) atoms. The molecule has 0 fully saturated rings. The summed E-state index contributed by atoms with van der Waals surface area (Å²) in [5, 5.41) is 6.28. The third-order valence-corrected chi connectivity index (χ3v) is 4.85. The maximum atomic E-state index is 12.9. The van der Waals surface area contributed by atoms with Crippen molar-refractivity contribution in [3.63, 3.8) is 0 Å². The van der Waals surface area contributed by atoms with Crippen LogP contribution >= 0.6 is 15.9 Å². The number of halogens is 4. The van der Waals surface area contributed by atoms with Crippen molar-refractivity contribution in [2.45, 2.75) is 6.18 Å². The van der Waals surface area contributed by atoms with E-state index in [1.165, 1.54) is 6.07 Å². The van der Waals surface area contributed by atoms with Gasteiger partial charge >= 0.3 is 6.18 Å². The Labute approximate surface area is 181 Å². The van der Waals surface area contributed by atoms with Gasteiger partial charge in [-0.1, -0.05) is 30.3 Å². The first-order chi connectivity index (χ1) is 14.2. The van der Waals surface area contributed by atoms with Gasteiger partial charge in [0, 0.05) is 29.2 Å². The fraction of sp³-hybridized carbons (Fsp3) is 0.238. The minimum absolute atomic E-state index is 0.291. The summed E-state index contributed by atoms with van der Waals surface area (Å²) in [5.74, 6) is 0.903. The van der Waals surface area contributed by atoms with Gasteiger partial charge in [-0.05, 0) is 48.2 Å². The Morgan fingerprint density at radius 1 is 1.00 bits per heavy atom. The third-order valence-electron chi connectivity index (χ3n) is 4.20. The summed E-state index contributed by atoms with van der Waals surface area (Å²) in [5.41, 5.74) is 1.35. The minimum atomic E-state index is -4.40. The second-order valence-corrected chi connectivity index (χ2v) is 7.73. The molecule has 0 aliphatic heterocycles. The monoisotopic (exact) mass is 479 g/mol. The van der Waals surface area contributed by atoms with Crippen molar-refractivity contribution in [1.29, 1.82) is 0 Å². The molecular formula is C21H21BrF3N5. The molecule has 3 aromatic rings. The summed E-state index contributed by atoms with van der Waals surface area (Å²) in [6.07, 6.45) is -4.40. The van der Waals surface area contributed by atoms with E-state index >= 15 is 0 Å². The van der Waals surface area contributed by atoms with Gasteiger partial charge in [0.25, 0.3) is 0 Å². The predicted octanol–water partition coefficient (Wildman–Crippen LogP) is 5.64. The number of nitrogens with one attached hydrogen (secondary N) is 2. The molecule has 0 unspecified atom stereocenters. The molecule has 158 valence electrons. The molecule has 0 amide bonds. The van der Waals surface area contributed by atoms with E-state index in [-0.39, 0.29) is 0 Å². The number of aromatic nitrogens is 2. The molecule has 1 heterocycles. The number of hydrogen-bond donors (Lipinski definition) is 2. The first-order valence-corrected chi connectivity index (χ1v) is 9.98. The zero-order valence-electron chi connectivity index (χ0n) is 16.5. The molecule has 0 radical (unpaired) electrons. The second-order valence-electron chi connectivity index (χ2n) is 6.88. The summed E-state index contributed by atoms with van der Waals surface area (Å²) in [6.45, 7) is 1.45. The summed E-state index contributed by atoms with van der Waals surface area (Å²) in [7, 11) is 3.94. The molecule has 0 spiro atoms. The van der Waals surface area contributed by atoms with Crippen LogP contribution < -0.4 is 10.6 Å². The average molecular weight is 480 g/mol. The van der Waals surface area contributed by atoms with Crippen LogP contribution in [-0.4, -0.2) is 42.1 Å². The number of anilines is 3. The standard InChI is InChI=1S/C21H21BrF3N5/c1-30(2)11-10-26-20-28-18(14-6-4-3-5-7-14)13-19(29-20)27-17-9-8-15(12-16(17)22)21(23,24)25/h3-9,12-13H,10-11H2,1-2H3,(H2,26,27,28,29). The van der Waals surface area contributed by atoms with E-state index in [1.807, 2.05) is 49.3 Å². The largest absolute Gasteiger partial charge is 0.416 e. The first kappa shape index (κ1) is 22.0. The highest BCUT2D eigenvalue weighted by atomic mass is 79.9. The fourth-order valence-corrected chi connectivity index (χ4v) is 3.15. The van der Waals surface area contributed by atoms with Crippen molar-refractivity contribution in [2.75, 3.05) is 37.8 Å². The zero-order valence-corrected chi connectivity index (χ0v) is 18.0. The predicted molar refractivity (Wildman–Crippen MR) is 117 cm³/mol. The van der Waals surface area contributed by atoms with Crippen LogP contribution in [0.2, 0.25) is 0 Å². The van der Waals surface area contributed by atoms with E-state index in [1.54, 1.807) is 6.07 Å². The quantitative estimate of drug-likeness (QED) is 0.459. The van der Waals surface area contributed by atoms with Crippen molar-refractivity contribution >= 4 is 33.4 Å². The van der Waals surface area contributed by atoms with Gasteiger partial charge in [0.15, 0.2) is 0 Å². The maximum absolute atomic E-state index is 12.9. The van der Waals surface area contributed by atoms with Gasteiger partial charge in [-0.3, -0.25) is 0 Å². The lowest BCUT2D eigenvalue weighted by atomic mass is 10.1. The van der Waals surface area contributed by atoms with Crippen LogP contribution in [0.3, 0.4) is 0 Å². The van der Waals surface area contributed by atoms with Crippen molar-refractivity contribution in [2.24, 2.45) is 0 Å². The highest BCUT2D eigenvalue weighted by molar-refractivity contribution is 9.10. The minimum Gasteiger partial charge on any atom is -0.353 e. The number of alkyl halides is 3. The van der Waals surface area contributed by atoms with E-state index in [0.717, 1.165) is 24.2 Å². The van der Waals surface area contributed by atoms with Crippen LogP contribution in [0, 0.1) is 0 Å². The van der Waals surface area contributed by atoms with Gasteiger partial charge in [-0.15, -0.1) is 0 Å². The zero-order chi connectivity index (χ0) is 21.7. The van der Waals surface area contributed by atoms with E-state index in [4.69, 9.17) is 0 Å². The van der Waals surface area contributed by atoms with Gasteiger partial charge in [0.05, 0.1) is 16.9 Å². The van der Waals surface area contributed by atoms with Gasteiger partial charge in [-0.25, -0.2) is 4.98 Å². The Morgan fingerprint density at radius 3 is 2.37 bits per heavy atom. The van der Waals surface area contributed by atoms with E-state index in [9.17, 15) is 13.2 Å². The van der Waals surface area contributed by atoms with E-state index < -0.39 is 11.7 Å². The van der Waals surface area contributed by atoms with Crippen LogP contribution in [-0.2, 0) is 6.18 Å². The molecular weight excluding hydrogens is 459 g/mol. The lowest BCUT2D eigenvalue weighted by molar-refractivity contribution is -0.137. The third kappa shape index (κ3) is 5.93. The summed E-state index contributed by atoms with van der Waals surface area (Å²) < 4.78 is 39.1. The molecule has 0 aliphatic rings. The van der Waals surface area contributed by atoms with Crippen molar-refractivity contribution in [3.8, 4) is 11.3 Å². The Bertz CT molecular complexity index is 994. The Morgan fingerprint density at radius 2 is 1.73 bits per heavy atom. The summed E-state index contributed by atoms with van der Waals surface area (Å²) in [6, 6.07) is 14.8. The molecule has 1 aromatic heterocycles. The molecule has 0 saturated heterocycles. The Hall–Kier alpha value is -2.65. The SMILES string of the molecule is CN(C)CCNc1nc(Nc2ccc(C(F)(F)F)cc2Br)cc(-c2ccccc2)n1. The van der Waals surface area contributed by atoms with Gasteiger partial charge in [0.2, 0.25) is 5.95 Å². The number of nitrogens with zero attached hydrogens (tertiary/aromatic N) is 3. The number of benzene rings is 2. The van der Waals surface area contributed by atoms with E-state index in [0.29, 0.717) is 34.2 Å². The molecule has 0 atom stereocenters. The molecule has 2 N–H and O–H groups in total. The van der Waals surface area contributed by atoms with Crippen molar-refractivity contribution < 1.29 is 13.2 Å². The average Bonchev–Trinajstić information content (AvgIpc) is 2.69. The van der Waals surface area contributed by atoms with Crippen molar-refractivity contribution in [1.82, 2.24) is 14.9 Å². The number of likely N-dealkylation sites (N-methyl/N-ethyl adjacent to an activating group) is 1. The molecule has 5 nitrogen and oxygen atoms in total. The topological polar surface area (TPSA) is 53.1 Å². The highest BCUT2D eigenvalue weighted by Crippen LogP contribution is 2.35. The van der Waals surface area contributed by atoms with E-state index in [2.05, 4.69) is 36.5 Å². The molecule has 0 aliphatic carbocycles. The smallest absolute Gasteiger partial charge is 0.353 e. The highest BCUT2D eigenvalue weighted by Gasteiger charge is 2.30. The molecule has 9 heteroatoms. The number of rotatable bonds is 7.